The van der Waals surface area contributed by atoms with E-state index < -0.39 is 22.8 Å². The van der Waals surface area contributed by atoms with Crippen molar-refractivity contribution in [2.45, 2.75) is 13.5 Å². The summed E-state index contributed by atoms with van der Waals surface area (Å²) in [4.78, 5) is 36.6. The molecule has 1 saturated heterocycles. The van der Waals surface area contributed by atoms with Crippen LogP contribution in [0.4, 0.5) is 10.1 Å². The molecule has 0 aliphatic carbocycles. The Bertz CT molecular complexity index is 906. The second-order valence-electron chi connectivity index (χ2n) is 5.56. The van der Waals surface area contributed by atoms with E-state index in [0.717, 1.165) is 6.07 Å². The van der Waals surface area contributed by atoms with Gasteiger partial charge in [-0.05, 0) is 19.1 Å². The van der Waals surface area contributed by atoms with E-state index in [-0.39, 0.29) is 23.5 Å². The number of carboxylic acid groups (broad SMARTS) is 1. The molecule has 0 saturated carbocycles. The Morgan fingerprint density at radius 1 is 1.38 bits per heavy atom. The molecule has 0 unspecified atom stereocenters. The number of piperazine rings is 1. The Balaban J connectivity index is 2.23. The summed E-state index contributed by atoms with van der Waals surface area (Å²) in [7, 11) is 0. The van der Waals surface area contributed by atoms with E-state index in [1.54, 1.807) is 16.4 Å². The monoisotopic (exact) mass is 333 g/mol. The van der Waals surface area contributed by atoms with Gasteiger partial charge in [0.2, 0.25) is 11.3 Å². The van der Waals surface area contributed by atoms with Crippen molar-refractivity contribution in [3.8, 4) is 0 Å². The molecule has 1 aliphatic rings. The maximum absolute atomic E-state index is 14.5. The van der Waals surface area contributed by atoms with Gasteiger partial charge >= 0.3 is 5.97 Å². The quantitative estimate of drug-likeness (QED) is 0.867. The molecule has 0 spiro atoms. The third-order valence-electron chi connectivity index (χ3n) is 4.10. The van der Waals surface area contributed by atoms with Crippen LogP contribution < -0.4 is 15.6 Å². The lowest BCUT2D eigenvalue weighted by Crippen LogP contribution is -2.48. The largest absolute Gasteiger partial charge is 0.477 e. The number of rotatable bonds is 3. The standard InChI is InChI=1S/C16H16FN3O4/c1-2-19-7-10(16(23)24)15(22)9-5-11(17)13(6-12(9)19)20-4-3-18-14(21)8-20/h5-7H,2-4,8H2,1H3,(H,18,21)(H,23,24). The van der Waals surface area contributed by atoms with E-state index in [9.17, 15) is 18.8 Å². The van der Waals surface area contributed by atoms with Crippen molar-refractivity contribution in [3.05, 3.63) is 39.9 Å². The topological polar surface area (TPSA) is 91.6 Å². The van der Waals surface area contributed by atoms with Gasteiger partial charge in [-0.15, -0.1) is 0 Å². The van der Waals surface area contributed by atoms with Gasteiger partial charge in [-0.1, -0.05) is 0 Å². The minimum Gasteiger partial charge on any atom is -0.477 e. The molecule has 0 radical (unpaired) electrons. The first-order chi connectivity index (χ1) is 11.4. The van der Waals surface area contributed by atoms with Crippen LogP contribution >= 0.6 is 0 Å². The number of benzene rings is 1. The molecular weight excluding hydrogens is 317 g/mol. The molecule has 1 amide bonds. The zero-order chi connectivity index (χ0) is 17.4. The Morgan fingerprint density at radius 2 is 2.12 bits per heavy atom. The Morgan fingerprint density at radius 3 is 2.75 bits per heavy atom. The summed E-state index contributed by atoms with van der Waals surface area (Å²) < 4.78 is 16.1. The molecule has 8 heteroatoms. The number of nitrogens with zero attached hydrogens (tertiary/aromatic N) is 2. The number of aromatic carboxylic acids is 1. The van der Waals surface area contributed by atoms with Crippen LogP contribution in [0.2, 0.25) is 0 Å². The molecule has 1 aromatic carbocycles. The van der Waals surface area contributed by atoms with Gasteiger partial charge < -0.3 is 19.9 Å². The molecule has 0 bridgehead atoms. The van der Waals surface area contributed by atoms with Gasteiger partial charge in [0.05, 0.1) is 17.7 Å². The minimum absolute atomic E-state index is 0.0134. The highest BCUT2D eigenvalue weighted by molar-refractivity contribution is 5.94. The number of anilines is 1. The molecule has 1 fully saturated rings. The Labute approximate surface area is 136 Å². The second kappa shape index (κ2) is 5.95. The van der Waals surface area contributed by atoms with Gasteiger partial charge in [-0.25, -0.2) is 9.18 Å². The van der Waals surface area contributed by atoms with Crippen LogP contribution in [0.15, 0.2) is 23.1 Å². The summed E-state index contributed by atoms with van der Waals surface area (Å²) in [5.74, 6) is -2.20. The Kier molecular flexibility index (Phi) is 3.96. The van der Waals surface area contributed by atoms with Crippen molar-refractivity contribution in [1.29, 1.82) is 0 Å². The number of hydrogen-bond donors (Lipinski definition) is 2. The zero-order valence-corrected chi connectivity index (χ0v) is 13.0. The van der Waals surface area contributed by atoms with E-state index in [2.05, 4.69) is 5.32 Å². The molecule has 3 rings (SSSR count). The van der Waals surface area contributed by atoms with Crippen LogP contribution in [0.1, 0.15) is 17.3 Å². The normalized spacial score (nSPS) is 14.8. The lowest BCUT2D eigenvalue weighted by atomic mass is 10.1. The molecule has 2 N–H and O–H groups in total. The van der Waals surface area contributed by atoms with Crippen LogP contribution in [-0.4, -0.2) is 41.2 Å². The molecular formula is C16H16FN3O4. The molecule has 1 aliphatic heterocycles. The number of halogens is 1. The minimum atomic E-state index is -1.35. The fourth-order valence-electron chi connectivity index (χ4n) is 2.90. The highest BCUT2D eigenvalue weighted by Gasteiger charge is 2.22. The van der Waals surface area contributed by atoms with Crippen LogP contribution in [-0.2, 0) is 11.3 Å². The molecule has 7 nitrogen and oxygen atoms in total. The third-order valence-corrected chi connectivity index (χ3v) is 4.10. The number of carbonyl (C=O) groups excluding carboxylic acids is 1. The van der Waals surface area contributed by atoms with Crippen molar-refractivity contribution in [2.24, 2.45) is 0 Å². The number of amides is 1. The van der Waals surface area contributed by atoms with Crippen molar-refractivity contribution in [2.75, 3.05) is 24.5 Å². The first-order valence-corrected chi connectivity index (χ1v) is 7.54. The SMILES string of the molecule is CCn1cc(C(=O)O)c(=O)c2cc(F)c(N3CCNC(=O)C3)cc21. The predicted molar refractivity (Wildman–Crippen MR) is 86.0 cm³/mol. The fourth-order valence-corrected chi connectivity index (χ4v) is 2.90. The van der Waals surface area contributed by atoms with E-state index in [1.807, 2.05) is 0 Å². The van der Waals surface area contributed by atoms with Gasteiger partial charge in [0, 0.05) is 31.2 Å². The number of hydrogen-bond acceptors (Lipinski definition) is 4. The molecule has 126 valence electrons. The maximum atomic E-state index is 14.5. The van der Waals surface area contributed by atoms with Crippen molar-refractivity contribution < 1.29 is 19.1 Å². The average molecular weight is 333 g/mol. The average Bonchev–Trinajstić information content (AvgIpc) is 2.55. The van der Waals surface area contributed by atoms with Gasteiger partial charge in [-0.2, -0.15) is 0 Å². The summed E-state index contributed by atoms with van der Waals surface area (Å²) in [5.41, 5.74) is -0.449. The third kappa shape index (κ3) is 2.60. The number of nitrogens with one attached hydrogen (secondary N) is 1. The molecule has 0 atom stereocenters. The van der Waals surface area contributed by atoms with Gasteiger partial charge in [0.1, 0.15) is 11.4 Å². The van der Waals surface area contributed by atoms with Gasteiger partial charge in [-0.3, -0.25) is 9.59 Å². The highest BCUT2D eigenvalue weighted by atomic mass is 19.1. The van der Waals surface area contributed by atoms with Crippen LogP contribution in [0.3, 0.4) is 0 Å². The van der Waals surface area contributed by atoms with Crippen molar-refractivity contribution in [1.82, 2.24) is 9.88 Å². The zero-order valence-electron chi connectivity index (χ0n) is 13.0. The lowest BCUT2D eigenvalue weighted by molar-refractivity contribution is -0.120. The fraction of sp³-hybridized carbons (Fsp3) is 0.312. The van der Waals surface area contributed by atoms with Crippen molar-refractivity contribution in [3.63, 3.8) is 0 Å². The van der Waals surface area contributed by atoms with E-state index in [1.165, 1.54) is 12.3 Å². The van der Waals surface area contributed by atoms with Crippen LogP contribution in [0.5, 0.6) is 0 Å². The number of fused-ring (bicyclic) bond motifs is 1. The smallest absolute Gasteiger partial charge is 0.341 e. The first kappa shape index (κ1) is 16.0. The maximum Gasteiger partial charge on any atom is 0.341 e. The van der Waals surface area contributed by atoms with E-state index in [4.69, 9.17) is 5.11 Å². The van der Waals surface area contributed by atoms with E-state index in [0.29, 0.717) is 25.2 Å². The summed E-state index contributed by atoms with van der Waals surface area (Å²) in [6.45, 7) is 3.12. The first-order valence-electron chi connectivity index (χ1n) is 7.54. The van der Waals surface area contributed by atoms with Crippen LogP contribution in [0.25, 0.3) is 10.9 Å². The number of aromatic nitrogens is 1. The van der Waals surface area contributed by atoms with Crippen molar-refractivity contribution >= 4 is 28.5 Å². The molecule has 1 aromatic heterocycles. The van der Waals surface area contributed by atoms with Gasteiger partial charge in [0.25, 0.3) is 0 Å². The molecule has 2 aromatic rings. The lowest BCUT2D eigenvalue weighted by Gasteiger charge is -2.29. The number of pyridine rings is 1. The van der Waals surface area contributed by atoms with E-state index >= 15 is 0 Å². The summed E-state index contributed by atoms with van der Waals surface area (Å²) in [5, 5.41) is 11.8. The summed E-state index contributed by atoms with van der Waals surface area (Å²) in [6, 6.07) is 2.55. The number of aryl methyl sites for hydroxylation is 1. The summed E-state index contributed by atoms with van der Waals surface area (Å²) >= 11 is 0. The highest BCUT2D eigenvalue weighted by Crippen LogP contribution is 2.25. The number of carbonyl (C=O) groups is 2. The van der Waals surface area contributed by atoms with Crippen LogP contribution in [0, 0.1) is 5.82 Å². The summed E-state index contributed by atoms with van der Waals surface area (Å²) in [6.07, 6.45) is 1.26. The Hall–Kier alpha value is -2.90. The predicted octanol–water partition coefficient (Wildman–Crippen LogP) is 0.795. The number of carboxylic acids is 1. The molecule has 24 heavy (non-hydrogen) atoms. The van der Waals surface area contributed by atoms with Gasteiger partial charge in [0.15, 0.2) is 0 Å². The second-order valence-corrected chi connectivity index (χ2v) is 5.56. The molecule has 2 heterocycles.